The third-order valence-corrected chi connectivity index (χ3v) is 5.81. The number of rotatable bonds is 3. The monoisotopic (exact) mass is 434 g/mol. The summed E-state index contributed by atoms with van der Waals surface area (Å²) in [5.41, 5.74) is -0.911. The quantitative estimate of drug-likeness (QED) is 0.655. The number of aryl methyl sites for hydroxylation is 1. The molecular weight excluding hydrogens is 413 g/mol. The highest BCUT2D eigenvalue weighted by atomic mass is 19.4. The van der Waals surface area contributed by atoms with E-state index in [-0.39, 0.29) is 16.6 Å². The molecule has 1 saturated heterocycles. The zero-order chi connectivity index (χ0) is 21.8. The Bertz CT molecular complexity index is 1150. The smallest absolute Gasteiger partial charge is 0.355 e. The molecule has 1 saturated carbocycles. The molecule has 2 fully saturated rings. The second kappa shape index (κ2) is 6.94. The van der Waals surface area contributed by atoms with E-state index >= 15 is 0 Å². The van der Waals surface area contributed by atoms with Gasteiger partial charge in [-0.15, -0.1) is 0 Å². The molecule has 5 rings (SSSR count). The minimum Gasteiger partial charge on any atom is -0.355 e. The number of carbonyl (C=O) groups excluding carboxylic acids is 1. The zero-order valence-corrected chi connectivity index (χ0v) is 16.8. The highest BCUT2D eigenvalue weighted by Crippen LogP contribution is 2.46. The van der Waals surface area contributed by atoms with Crippen LogP contribution in [0, 0.1) is 5.41 Å². The second-order valence-corrected chi connectivity index (χ2v) is 8.23. The Balaban J connectivity index is 1.44. The van der Waals surface area contributed by atoms with Gasteiger partial charge in [0.15, 0.2) is 11.3 Å². The lowest BCUT2D eigenvalue weighted by Gasteiger charge is -2.24. The number of anilines is 2. The number of hydrogen-bond donors (Lipinski definition) is 2. The van der Waals surface area contributed by atoms with Crippen LogP contribution in [0.5, 0.6) is 0 Å². The van der Waals surface area contributed by atoms with Crippen molar-refractivity contribution in [2.24, 2.45) is 12.5 Å². The molecule has 0 bridgehead atoms. The first-order chi connectivity index (χ1) is 14.7. The Morgan fingerprint density at radius 2 is 2.13 bits per heavy atom. The number of carbonyl (C=O) groups is 1. The minimum absolute atomic E-state index is 0.0907. The van der Waals surface area contributed by atoms with Crippen molar-refractivity contribution >= 4 is 23.1 Å². The van der Waals surface area contributed by atoms with Gasteiger partial charge in [0.1, 0.15) is 11.4 Å². The summed E-state index contributed by atoms with van der Waals surface area (Å²) >= 11 is 0. The maximum Gasteiger partial charge on any atom is 0.437 e. The Hall–Kier alpha value is -3.15. The van der Waals surface area contributed by atoms with Gasteiger partial charge >= 0.3 is 6.18 Å². The highest BCUT2D eigenvalue weighted by Gasteiger charge is 2.45. The lowest BCUT2D eigenvalue weighted by atomic mass is 10.1. The average Bonchev–Trinajstić information content (AvgIpc) is 3.26. The van der Waals surface area contributed by atoms with Gasteiger partial charge in [0.25, 0.3) is 5.91 Å². The van der Waals surface area contributed by atoms with Crippen molar-refractivity contribution < 1.29 is 18.0 Å². The van der Waals surface area contributed by atoms with Crippen LogP contribution >= 0.6 is 0 Å². The molecule has 3 aromatic heterocycles. The van der Waals surface area contributed by atoms with E-state index in [1.165, 1.54) is 30.6 Å². The Morgan fingerprint density at radius 1 is 1.32 bits per heavy atom. The summed E-state index contributed by atoms with van der Waals surface area (Å²) in [5, 5.41) is 13.3. The number of nitrogens with one attached hydrogen (secondary N) is 2. The fraction of sp³-hybridized carbons (Fsp3) is 0.474. The van der Waals surface area contributed by atoms with Gasteiger partial charge in [-0.05, 0) is 18.9 Å². The van der Waals surface area contributed by atoms with Crippen molar-refractivity contribution in [1.29, 1.82) is 0 Å². The second-order valence-electron chi connectivity index (χ2n) is 8.23. The number of nitrogens with zero attached hydrogens (tertiary/aromatic N) is 6. The number of halogens is 3. The maximum atomic E-state index is 13.2. The third kappa shape index (κ3) is 3.71. The van der Waals surface area contributed by atoms with Crippen molar-refractivity contribution in [2.45, 2.75) is 19.0 Å². The van der Waals surface area contributed by atoms with Gasteiger partial charge in [-0.2, -0.15) is 23.4 Å². The summed E-state index contributed by atoms with van der Waals surface area (Å²) in [6.07, 6.45) is 1.78. The van der Waals surface area contributed by atoms with Crippen LogP contribution in [0.3, 0.4) is 0 Å². The van der Waals surface area contributed by atoms with Crippen LogP contribution < -0.4 is 15.5 Å². The van der Waals surface area contributed by atoms with Crippen LogP contribution in [0.4, 0.5) is 24.7 Å². The summed E-state index contributed by atoms with van der Waals surface area (Å²) in [6, 6.07) is 1.84. The minimum atomic E-state index is -4.68. The largest absolute Gasteiger partial charge is 0.437 e. The molecule has 1 aliphatic carbocycles. The van der Waals surface area contributed by atoms with Crippen LogP contribution in [0.2, 0.25) is 0 Å². The van der Waals surface area contributed by atoms with Crippen molar-refractivity contribution in [3.05, 3.63) is 35.9 Å². The van der Waals surface area contributed by atoms with E-state index in [4.69, 9.17) is 0 Å². The molecular formula is C19H21F3N8O. The van der Waals surface area contributed by atoms with Crippen LogP contribution in [0.1, 0.15) is 28.9 Å². The van der Waals surface area contributed by atoms with Gasteiger partial charge < -0.3 is 15.5 Å². The van der Waals surface area contributed by atoms with Gasteiger partial charge in [-0.25, -0.2) is 9.50 Å². The van der Waals surface area contributed by atoms with E-state index in [1.807, 2.05) is 6.07 Å². The fourth-order valence-corrected chi connectivity index (χ4v) is 3.99. The predicted molar refractivity (Wildman–Crippen MR) is 106 cm³/mol. The Labute approximate surface area is 175 Å². The molecule has 2 N–H and O–H groups in total. The molecule has 0 radical (unpaired) electrons. The summed E-state index contributed by atoms with van der Waals surface area (Å²) in [4.78, 5) is 19.6. The Kier molecular flexibility index (Phi) is 4.43. The molecule has 12 heteroatoms. The molecule has 0 unspecified atom stereocenters. The molecule has 2 aliphatic rings. The van der Waals surface area contributed by atoms with E-state index in [2.05, 4.69) is 30.7 Å². The van der Waals surface area contributed by atoms with Crippen LogP contribution in [-0.4, -0.2) is 56.5 Å². The van der Waals surface area contributed by atoms with Gasteiger partial charge in [0.05, 0.1) is 11.9 Å². The lowest BCUT2D eigenvalue weighted by molar-refractivity contribution is -0.140. The van der Waals surface area contributed by atoms with E-state index in [0.29, 0.717) is 0 Å². The van der Waals surface area contributed by atoms with Gasteiger partial charge in [-0.1, -0.05) is 0 Å². The van der Waals surface area contributed by atoms with Gasteiger partial charge in [0.2, 0.25) is 0 Å². The average molecular weight is 434 g/mol. The molecule has 1 aliphatic heterocycles. The van der Waals surface area contributed by atoms with E-state index in [1.54, 1.807) is 6.20 Å². The van der Waals surface area contributed by atoms with Crippen LogP contribution in [-0.2, 0) is 13.2 Å². The summed E-state index contributed by atoms with van der Waals surface area (Å²) in [5.74, 6) is -0.0104. The molecule has 4 heterocycles. The number of fused-ring (bicyclic) bond motifs is 1. The summed E-state index contributed by atoms with van der Waals surface area (Å²) in [7, 11) is 1.36. The SMILES string of the molecule is Cn1cc(NC(=O)c2cnn3ccc(N4CCNCC5(CC5)C4)nc23)c(C(F)(F)F)n1. The van der Waals surface area contributed by atoms with Gasteiger partial charge in [0, 0.05) is 51.0 Å². The fourth-order valence-electron chi connectivity index (χ4n) is 3.99. The normalized spacial score (nSPS) is 18.4. The molecule has 0 atom stereocenters. The van der Waals surface area contributed by atoms with Crippen LogP contribution in [0.25, 0.3) is 5.65 Å². The number of amides is 1. The summed E-state index contributed by atoms with van der Waals surface area (Å²) in [6.45, 7) is 3.48. The predicted octanol–water partition coefficient (Wildman–Crippen LogP) is 1.92. The molecule has 1 spiro atoms. The molecule has 0 aromatic carbocycles. The first kappa shape index (κ1) is 19.8. The van der Waals surface area contributed by atoms with Gasteiger partial charge in [-0.3, -0.25) is 9.48 Å². The first-order valence-corrected chi connectivity index (χ1v) is 9.96. The molecule has 31 heavy (non-hydrogen) atoms. The number of alkyl halides is 3. The highest BCUT2D eigenvalue weighted by molar-refractivity contribution is 6.08. The third-order valence-electron chi connectivity index (χ3n) is 5.81. The maximum absolute atomic E-state index is 13.2. The number of aromatic nitrogens is 5. The molecule has 3 aromatic rings. The van der Waals surface area contributed by atoms with Crippen LogP contribution in [0.15, 0.2) is 24.7 Å². The topological polar surface area (TPSA) is 92.4 Å². The zero-order valence-electron chi connectivity index (χ0n) is 16.8. The number of hydrogen-bond acceptors (Lipinski definition) is 6. The van der Waals surface area contributed by atoms with Crippen molar-refractivity contribution in [3.8, 4) is 0 Å². The van der Waals surface area contributed by atoms with Crippen molar-refractivity contribution in [1.82, 2.24) is 29.7 Å². The van der Waals surface area contributed by atoms with E-state index in [0.717, 1.165) is 42.9 Å². The molecule has 1 amide bonds. The first-order valence-electron chi connectivity index (χ1n) is 9.96. The standard InChI is InChI=1S/C19H21F3N8O/c1-28-9-13(15(27-28)19(20,21)22)25-17(31)12-8-24-30-6-2-14(26-16(12)30)29-7-5-23-10-18(11-29)3-4-18/h2,6,8-9,23H,3-5,7,10-11H2,1H3,(H,25,31). The molecule has 9 nitrogen and oxygen atoms in total. The van der Waals surface area contributed by atoms with E-state index in [9.17, 15) is 18.0 Å². The van der Waals surface area contributed by atoms with Crippen molar-refractivity contribution in [2.75, 3.05) is 36.4 Å². The molecule has 164 valence electrons. The lowest BCUT2D eigenvalue weighted by Crippen LogP contribution is -2.31. The van der Waals surface area contributed by atoms with E-state index < -0.39 is 23.5 Å². The summed E-state index contributed by atoms with van der Waals surface area (Å²) < 4.78 is 42.0. The Morgan fingerprint density at radius 3 is 2.87 bits per heavy atom. The van der Waals surface area contributed by atoms with Crippen molar-refractivity contribution in [3.63, 3.8) is 0 Å².